The molecule has 1 aromatic heterocycles. The quantitative estimate of drug-likeness (QED) is 0.662. The van der Waals surface area contributed by atoms with Crippen LogP contribution in [0.5, 0.6) is 0 Å². The molecule has 0 aliphatic rings. The van der Waals surface area contributed by atoms with Gasteiger partial charge in [-0.3, -0.25) is 4.79 Å². The van der Waals surface area contributed by atoms with Gasteiger partial charge in [0.15, 0.2) is 0 Å². The number of rotatable bonds is 5. The Morgan fingerprint density at radius 3 is 2.78 bits per heavy atom. The molecule has 0 saturated carbocycles. The Bertz CT molecular complexity index is 903. The Morgan fingerprint density at radius 1 is 1.13 bits per heavy atom. The maximum Gasteiger partial charge on any atom is 0.323 e. The largest absolute Gasteiger partial charge is 0.325 e. The fourth-order valence-corrected chi connectivity index (χ4v) is 3.18. The second-order valence-electron chi connectivity index (χ2n) is 5.01. The van der Waals surface area contributed by atoms with Crippen molar-refractivity contribution in [2.45, 2.75) is 5.75 Å². The van der Waals surface area contributed by atoms with E-state index in [0.29, 0.717) is 27.5 Å². The molecular weight excluding hydrogens is 334 g/mol. The highest BCUT2D eigenvalue weighted by Crippen LogP contribution is 2.18. The van der Waals surface area contributed by atoms with Crippen molar-refractivity contribution in [2.75, 3.05) is 11.1 Å². The monoisotopic (exact) mass is 347 g/mol. The zero-order valence-corrected chi connectivity index (χ0v) is 13.6. The number of carbonyl (C=O) groups is 1. The minimum atomic E-state index is -0.263. The third kappa shape index (κ3) is 4.18. The van der Waals surface area contributed by atoms with Gasteiger partial charge in [-0.05, 0) is 35.9 Å². The number of benzene rings is 2. The molecule has 118 valence electrons. The average Bonchev–Trinajstić information content (AvgIpc) is 2.86. The highest BCUT2D eigenvalue weighted by molar-refractivity contribution is 7.99. The molecule has 7 heteroatoms. The van der Waals surface area contributed by atoms with E-state index in [4.69, 9.17) is 11.6 Å². The van der Waals surface area contributed by atoms with E-state index in [1.807, 2.05) is 24.3 Å². The fourth-order valence-electron chi connectivity index (χ4n) is 2.20. The number of amides is 1. The number of halogens is 1. The maximum atomic E-state index is 12.0. The van der Waals surface area contributed by atoms with Crippen LogP contribution in [0.2, 0.25) is 5.02 Å². The molecule has 0 radical (unpaired) electrons. The van der Waals surface area contributed by atoms with Crippen LogP contribution in [0.15, 0.2) is 47.3 Å². The molecule has 0 bridgehead atoms. The van der Waals surface area contributed by atoms with Crippen LogP contribution in [0.25, 0.3) is 11.0 Å². The second-order valence-corrected chi connectivity index (χ2v) is 6.43. The summed E-state index contributed by atoms with van der Waals surface area (Å²) in [5, 5.41) is 3.51. The normalized spacial score (nSPS) is 10.8. The van der Waals surface area contributed by atoms with Gasteiger partial charge in [-0.2, -0.15) is 0 Å². The van der Waals surface area contributed by atoms with Gasteiger partial charge >= 0.3 is 5.69 Å². The van der Waals surface area contributed by atoms with E-state index in [-0.39, 0.29) is 11.6 Å². The van der Waals surface area contributed by atoms with Gasteiger partial charge in [0.05, 0.1) is 16.8 Å². The summed E-state index contributed by atoms with van der Waals surface area (Å²) in [6.45, 7) is 0. The van der Waals surface area contributed by atoms with Gasteiger partial charge in [-0.15, -0.1) is 11.8 Å². The molecule has 23 heavy (non-hydrogen) atoms. The van der Waals surface area contributed by atoms with Crippen LogP contribution in [-0.2, 0) is 10.5 Å². The number of hydrogen-bond acceptors (Lipinski definition) is 3. The molecule has 0 saturated heterocycles. The third-order valence-electron chi connectivity index (χ3n) is 3.19. The number of H-pyrrole nitrogens is 2. The van der Waals surface area contributed by atoms with Gasteiger partial charge in [0.2, 0.25) is 5.91 Å². The summed E-state index contributed by atoms with van der Waals surface area (Å²) in [5.74, 6) is 0.973. The van der Waals surface area contributed by atoms with E-state index in [9.17, 15) is 9.59 Å². The molecule has 3 aromatic rings. The Labute approximate surface area is 141 Å². The predicted octanol–water partition coefficient (Wildman–Crippen LogP) is 3.38. The Balaban J connectivity index is 1.54. The van der Waals surface area contributed by atoms with Crippen LogP contribution in [-0.4, -0.2) is 21.6 Å². The molecule has 0 atom stereocenters. The maximum absolute atomic E-state index is 12.0. The van der Waals surface area contributed by atoms with Gasteiger partial charge in [0.1, 0.15) is 0 Å². The summed E-state index contributed by atoms with van der Waals surface area (Å²) in [4.78, 5) is 28.5. The number of hydrogen-bond donors (Lipinski definition) is 3. The Morgan fingerprint density at radius 2 is 1.96 bits per heavy atom. The van der Waals surface area contributed by atoms with E-state index in [0.717, 1.165) is 11.3 Å². The number of carbonyl (C=O) groups excluding carboxylic acids is 1. The van der Waals surface area contributed by atoms with Crippen molar-refractivity contribution in [1.29, 1.82) is 0 Å². The summed E-state index contributed by atoms with van der Waals surface area (Å²) < 4.78 is 0. The van der Waals surface area contributed by atoms with Crippen LogP contribution in [0.4, 0.5) is 5.69 Å². The first kappa shape index (κ1) is 15.7. The number of thioether (sulfide) groups is 1. The van der Waals surface area contributed by atoms with Crippen LogP contribution in [0.1, 0.15) is 5.56 Å². The smallest absolute Gasteiger partial charge is 0.323 e. The van der Waals surface area contributed by atoms with Crippen molar-refractivity contribution in [1.82, 2.24) is 9.97 Å². The number of fused-ring (bicyclic) bond motifs is 1. The van der Waals surface area contributed by atoms with Gasteiger partial charge in [-0.1, -0.05) is 23.7 Å². The van der Waals surface area contributed by atoms with E-state index >= 15 is 0 Å². The lowest BCUT2D eigenvalue weighted by Crippen LogP contribution is -2.14. The van der Waals surface area contributed by atoms with E-state index in [1.54, 1.807) is 18.2 Å². The van der Waals surface area contributed by atoms with Crippen molar-refractivity contribution in [3.05, 3.63) is 63.5 Å². The van der Waals surface area contributed by atoms with Crippen molar-refractivity contribution in [3.63, 3.8) is 0 Å². The SMILES string of the molecule is O=C(CSCc1cccc(Cl)c1)Nc1ccc2[nH]c(=O)[nH]c2c1. The minimum Gasteiger partial charge on any atom is -0.325 e. The fraction of sp³-hybridized carbons (Fsp3) is 0.125. The molecule has 0 fully saturated rings. The van der Waals surface area contributed by atoms with Crippen molar-refractivity contribution < 1.29 is 4.79 Å². The topological polar surface area (TPSA) is 77.8 Å². The lowest BCUT2D eigenvalue weighted by atomic mass is 10.2. The van der Waals surface area contributed by atoms with Crippen molar-refractivity contribution >= 4 is 46.0 Å². The molecule has 0 aliphatic heterocycles. The van der Waals surface area contributed by atoms with Gasteiger partial charge in [-0.25, -0.2) is 4.79 Å². The first-order valence-electron chi connectivity index (χ1n) is 6.94. The summed E-state index contributed by atoms with van der Waals surface area (Å²) >= 11 is 7.44. The zero-order valence-electron chi connectivity index (χ0n) is 12.1. The number of imidazole rings is 1. The lowest BCUT2D eigenvalue weighted by Gasteiger charge is -2.05. The molecule has 0 spiro atoms. The van der Waals surface area contributed by atoms with Crippen LogP contribution < -0.4 is 11.0 Å². The summed E-state index contributed by atoms with van der Waals surface area (Å²) in [6, 6.07) is 12.8. The molecule has 1 heterocycles. The molecule has 5 nitrogen and oxygen atoms in total. The van der Waals surface area contributed by atoms with Gasteiger partial charge in [0.25, 0.3) is 0 Å². The van der Waals surface area contributed by atoms with E-state index < -0.39 is 0 Å². The molecule has 1 amide bonds. The number of aromatic nitrogens is 2. The lowest BCUT2D eigenvalue weighted by molar-refractivity contribution is -0.113. The van der Waals surface area contributed by atoms with Crippen molar-refractivity contribution in [3.8, 4) is 0 Å². The average molecular weight is 348 g/mol. The van der Waals surface area contributed by atoms with Gasteiger partial charge in [0, 0.05) is 16.5 Å². The standard InChI is InChI=1S/C16H14ClN3O2S/c17-11-3-1-2-10(6-11)8-23-9-15(21)18-12-4-5-13-14(7-12)20-16(22)19-13/h1-7H,8-9H2,(H,18,21)(H2,19,20,22). The van der Waals surface area contributed by atoms with Crippen molar-refractivity contribution in [2.24, 2.45) is 0 Å². The summed E-state index contributed by atoms with van der Waals surface area (Å²) in [5.41, 5.74) is 2.85. The zero-order chi connectivity index (χ0) is 16.2. The molecule has 0 aliphatic carbocycles. The molecule has 0 unspecified atom stereocenters. The van der Waals surface area contributed by atoms with Crippen LogP contribution >= 0.6 is 23.4 Å². The minimum absolute atomic E-state index is 0.0886. The highest BCUT2D eigenvalue weighted by Gasteiger charge is 2.05. The second kappa shape index (κ2) is 6.93. The molecule has 3 rings (SSSR count). The van der Waals surface area contributed by atoms with Gasteiger partial charge < -0.3 is 15.3 Å². The molecule has 3 N–H and O–H groups in total. The van der Waals surface area contributed by atoms with E-state index in [1.165, 1.54) is 11.8 Å². The molecular formula is C16H14ClN3O2S. The van der Waals surface area contributed by atoms with Crippen LogP contribution in [0, 0.1) is 0 Å². The summed E-state index contributed by atoms with van der Waals surface area (Å²) in [6.07, 6.45) is 0. The third-order valence-corrected chi connectivity index (χ3v) is 4.43. The first-order valence-corrected chi connectivity index (χ1v) is 8.47. The predicted molar refractivity (Wildman–Crippen MR) is 95.2 cm³/mol. The molecule has 2 aromatic carbocycles. The Kier molecular flexibility index (Phi) is 4.73. The number of anilines is 1. The highest BCUT2D eigenvalue weighted by atomic mass is 35.5. The Hall–Kier alpha value is -2.18. The van der Waals surface area contributed by atoms with Crippen LogP contribution in [0.3, 0.4) is 0 Å². The van der Waals surface area contributed by atoms with E-state index in [2.05, 4.69) is 15.3 Å². The number of aromatic amines is 2. The first-order chi connectivity index (χ1) is 11.1. The number of nitrogens with one attached hydrogen (secondary N) is 3. The summed E-state index contributed by atoms with van der Waals surface area (Å²) in [7, 11) is 0.